The molecule has 0 spiro atoms. The Kier molecular flexibility index (Phi) is 1.52. The number of fused-ring (bicyclic) bond motifs is 1. The Hall–Kier alpha value is -0.710. The van der Waals surface area contributed by atoms with Crippen molar-refractivity contribution in [3.05, 3.63) is 0 Å². The molecule has 2 aliphatic heterocycles. The van der Waals surface area contributed by atoms with Gasteiger partial charge in [-0.2, -0.15) is 5.10 Å². The second-order valence-electron chi connectivity index (χ2n) is 2.62. The second-order valence-corrected chi connectivity index (χ2v) is 3.62. The number of hydrogen-bond donors (Lipinski definition) is 1. The normalized spacial score (nSPS) is 29.5. The van der Waals surface area contributed by atoms with E-state index in [2.05, 4.69) is 10.5 Å². The Morgan fingerprint density at radius 2 is 2.64 bits per heavy atom. The lowest BCUT2D eigenvalue weighted by Gasteiger charge is -2.27. The molecule has 1 atom stereocenters. The zero-order valence-electron chi connectivity index (χ0n) is 6.20. The number of nitrogens with zero attached hydrogens (tertiary/aromatic N) is 2. The monoisotopic (exact) mass is 171 g/mol. The van der Waals surface area contributed by atoms with Gasteiger partial charge in [0.2, 0.25) is 0 Å². The van der Waals surface area contributed by atoms with Crippen LogP contribution in [0.2, 0.25) is 0 Å². The van der Waals surface area contributed by atoms with Gasteiger partial charge >= 0.3 is 0 Å². The van der Waals surface area contributed by atoms with E-state index in [0.717, 1.165) is 17.5 Å². The van der Waals surface area contributed by atoms with Crippen LogP contribution in [0.1, 0.15) is 6.92 Å². The van der Waals surface area contributed by atoms with E-state index in [1.54, 1.807) is 11.8 Å². The van der Waals surface area contributed by atoms with Crippen molar-refractivity contribution in [2.45, 2.75) is 13.0 Å². The zero-order chi connectivity index (χ0) is 7.84. The first-order chi connectivity index (χ1) is 5.29. The quantitative estimate of drug-likeness (QED) is 0.550. The summed E-state index contributed by atoms with van der Waals surface area (Å²) in [6.07, 6.45) is 0. The number of carbonyl (C=O) groups excluding carboxylic acids is 1. The number of hydrazone groups is 1. The van der Waals surface area contributed by atoms with Crippen LogP contribution in [0.25, 0.3) is 0 Å². The molecule has 60 valence electrons. The van der Waals surface area contributed by atoms with Gasteiger partial charge in [-0.3, -0.25) is 4.79 Å². The van der Waals surface area contributed by atoms with Gasteiger partial charge in [0.25, 0.3) is 5.91 Å². The molecule has 0 aromatic heterocycles. The van der Waals surface area contributed by atoms with Gasteiger partial charge in [0.1, 0.15) is 11.9 Å². The Morgan fingerprint density at radius 1 is 1.82 bits per heavy atom. The van der Waals surface area contributed by atoms with Crippen molar-refractivity contribution in [3.8, 4) is 0 Å². The fourth-order valence-electron chi connectivity index (χ4n) is 1.25. The highest BCUT2D eigenvalue weighted by atomic mass is 32.2. The summed E-state index contributed by atoms with van der Waals surface area (Å²) in [5.74, 6) is 2.73. The summed E-state index contributed by atoms with van der Waals surface area (Å²) in [5, 5.41) is 3.88. The van der Waals surface area contributed by atoms with Crippen molar-refractivity contribution in [2.75, 3.05) is 11.6 Å². The molecule has 0 unspecified atom stereocenters. The molecular formula is C6H9N3OS. The minimum absolute atomic E-state index is 0.0255. The number of hydrogen-bond acceptors (Lipinski definition) is 4. The molecule has 2 rings (SSSR count). The van der Waals surface area contributed by atoms with Crippen LogP contribution in [0.4, 0.5) is 0 Å². The molecule has 1 amide bonds. The number of amidine groups is 1. The Morgan fingerprint density at radius 3 is 3.36 bits per heavy atom. The van der Waals surface area contributed by atoms with Crippen LogP contribution in [-0.2, 0) is 4.79 Å². The summed E-state index contributed by atoms with van der Waals surface area (Å²) in [6, 6.07) is 0.0255. The van der Waals surface area contributed by atoms with Crippen molar-refractivity contribution in [2.24, 2.45) is 5.10 Å². The largest absolute Gasteiger partial charge is 0.337 e. The molecule has 5 heteroatoms. The van der Waals surface area contributed by atoms with Crippen molar-refractivity contribution in [1.29, 1.82) is 0 Å². The van der Waals surface area contributed by atoms with E-state index in [4.69, 9.17) is 0 Å². The van der Waals surface area contributed by atoms with Crippen molar-refractivity contribution < 1.29 is 4.79 Å². The number of amides is 1. The molecule has 2 aliphatic rings. The minimum Gasteiger partial charge on any atom is -0.337 e. The lowest BCUT2D eigenvalue weighted by Crippen LogP contribution is -2.50. The maximum atomic E-state index is 11.1. The minimum atomic E-state index is 0.0255. The molecule has 0 aliphatic carbocycles. The molecule has 0 aromatic carbocycles. The van der Waals surface area contributed by atoms with Crippen LogP contribution in [0.15, 0.2) is 5.10 Å². The number of nitrogens with one attached hydrogen (secondary N) is 1. The lowest BCUT2D eigenvalue weighted by atomic mass is 10.2. The third-order valence-electron chi connectivity index (χ3n) is 1.93. The van der Waals surface area contributed by atoms with Crippen molar-refractivity contribution in [1.82, 2.24) is 10.3 Å². The Labute approximate surface area is 69.0 Å². The van der Waals surface area contributed by atoms with Gasteiger partial charge in [-0.25, -0.2) is 5.43 Å². The van der Waals surface area contributed by atoms with E-state index in [9.17, 15) is 4.79 Å². The SMILES string of the molecule is CC1=NNC(=O)[C@@H]2CSCN12. The Bertz CT molecular complexity index is 228. The average molecular weight is 171 g/mol. The fraction of sp³-hybridized carbons (Fsp3) is 0.667. The highest BCUT2D eigenvalue weighted by Gasteiger charge is 2.34. The third-order valence-corrected chi connectivity index (χ3v) is 2.94. The van der Waals surface area contributed by atoms with E-state index in [-0.39, 0.29) is 11.9 Å². The fourth-order valence-corrected chi connectivity index (χ4v) is 2.48. The molecule has 1 saturated heterocycles. The Balaban J connectivity index is 2.27. The van der Waals surface area contributed by atoms with E-state index in [1.165, 1.54) is 0 Å². The van der Waals surface area contributed by atoms with E-state index in [1.807, 2.05) is 11.8 Å². The topological polar surface area (TPSA) is 44.7 Å². The molecule has 0 radical (unpaired) electrons. The van der Waals surface area contributed by atoms with E-state index < -0.39 is 0 Å². The molecule has 0 aromatic rings. The first-order valence-electron chi connectivity index (χ1n) is 3.47. The molecule has 11 heavy (non-hydrogen) atoms. The summed E-state index contributed by atoms with van der Waals surface area (Å²) < 4.78 is 0. The number of thioether (sulfide) groups is 1. The lowest BCUT2D eigenvalue weighted by molar-refractivity contribution is -0.124. The average Bonchev–Trinajstić information content (AvgIpc) is 2.45. The van der Waals surface area contributed by atoms with Gasteiger partial charge in [-0.15, -0.1) is 11.8 Å². The predicted molar refractivity (Wildman–Crippen MR) is 44.2 cm³/mol. The van der Waals surface area contributed by atoms with E-state index in [0.29, 0.717) is 0 Å². The maximum absolute atomic E-state index is 11.1. The summed E-state index contributed by atoms with van der Waals surface area (Å²) in [6.45, 7) is 1.92. The van der Waals surface area contributed by atoms with Gasteiger partial charge in [-0.05, 0) is 6.92 Å². The molecule has 1 fully saturated rings. The third kappa shape index (κ3) is 0.994. The van der Waals surface area contributed by atoms with Gasteiger partial charge in [-0.1, -0.05) is 0 Å². The summed E-state index contributed by atoms with van der Waals surface area (Å²) in [7, 11) is 0. The van der Waals surface area contributed by atoms with Crippen LogP contribution in [0.5, 0.6) is 0 Å². The van der Waals surface area contributed by atoms with Gasteiger partial charge < -0.3 is 4.90 Å². The molecule has 1 N–H and O–H groups in total. The smallest absolute Gasteiger partial charge is 0.263 e. The summed E-state index contributed by atoms with van der Waals surface area (Å²) >= 11 is 1.77. The highest BCUT2D eigenvalue weighted by Crippen LogP contribution is 2.22. The summed E-state index contributed by atoms with van der Waals surface area (Å²) in [5.41, 5.74) is 2.50. The molecule has 0 saturated carbocycles. The zero-order valence-corrected chi connectivity index (χ0v) is 7.02. The van der Waals surface area contributed by atoms with E-state index >= 15 is 0 Å². The molecule has 4 nitrogen and oxygen atoms in total. The summed E-state index contributed by atoms with van der Waals surface area (Å²) in [4.78, 5) is 13.2. The van der Waals surface area contributed by atoms with Crippen LogP contribution >= 0.6 is 11.8 Å². The van der Waals surface area contributed by atoms with Gasteiger partial charge in [0.05, 0.1) is 5.88 Å². The molecule has 2 heterocycles. The maximum Gasteiger partial charge on any atom is 0.263 e. The number of rotatable bonds is 0. The number of carbonyl (C=O) groups is 1. The predicted octanol–water partition coefficient (Wildman–Crippen LogP) is -0.175. The molecular weight excluding hydrogens is 162 g/mol. The van der Waals surface area contributed by atoms with Crippen LogP contribution in [0.3, 0.4) is 0 Å². The van der Waals surface area contributed by atoms with Crippen molar-refractivity contribution >= 4 is 23.5 Å². The first-order valence-corrected chi connectivity index (χ1v) is 4.63. The van der Waals surface area contributed by atoms with Crippen LogP contribution in [0, 0.1) is 0 Å². The molecule has 0 bridgehead atoms. The van der Waals surface area contributed by atoms with Crippen LogP contribution < -0.4 is 5.43 Å². The second kappa shape index (κ2) is 2.41. The van der Waals surface area contributed by atoms with Gasteiger partial charge in [0, 0.05) is 5.75 Å². The van der Waals surface area contributed by atoms with Crippen LogP contribution in [-0.4, -0.2) is 34.3 Å². The highest BCUT2D eigenvalue weighted by molar-refractivity contribution is 7.99. The standard InChI is InChI=1S/C6H9N3OS/c1-4-7-8-6(10)5-2-11-3-9(4)5/h5H,2-3H2,1H3,(H,8,10)/t5-/m0/s1. The van der Waals surface area contributed by atoms with Gasteiger partial charge in [0.15, 0.2) is 0 Å². The van der Waals surface area contributed by atoms with Crippen molar-refractivity contribution in [3.63, 3.8) is 0 Å². The first kappa shape index (κ1) is 6.97.